The minimum atomic E-state index is -0.859. The topological polar surface area (TPSA) is 72.6 Å². The van der Waals surface area contributed by atoms with Crippen molar-refractivity contribution in [2.75, 3.05) is 0 Å². The Hall–Kier alpha value is -1.55. The summed E-state index contributed by atoms with van der Waals surface area (Å²) in [5, 5.41) is 9.21. The van der Waals surface area contributed by atoms with E-state index in [1.165, 1.54) is 0 Å². The third-order valence-corrected chi connectivity index (χ3v) is 1.56. The van der Waals surface area contributed by atoms with E-state index in [2.05, 4.69) is 4.74 Å². The van der Waals surface area contributed by atoms with Crippen molar-refractivity contribution in [1.29, 1.82) is 0 Å². The zero-order chi connectivity index (χ0) is 9.84. The van der Waals surface area contributed by atoms with E-state index in [4.69, 9.17) is 5.73 Å². The first-order chi connectivity index (χ1) is 6.09. The second-order valence-corrected chi connectivity index (χ2v) is 2.67. The Morgan fingerprint density at radius 2 is 2.31 bits per heavy atom. The van der Waals surface area contributed by atoms with E-state index in [0.717, 1.165) is 0 Å². The summed E-state index contributed by atoms with van der Waals surface area (Å²) in [7, 11) is 0. The normalized spacial score (nSPS) is 12.2. The molecule has 0 radical (unpaired) electrons. The van der Waals surface area contributed by atoms with Gasteiger partial charge < -0.3 is 15.6 Å². The average molecular weight is 181 g/mol. The first kappa shape index (κ1) is 9.54. The molecule has 1 aromatic rings. The van der Waals surface area contributed by atoms with Crippen LogP contribution in [0.3, 0.4) is 0 Å². The van der Waals surface area contributed by atoms with Gasteiger partial charge in [0.2, 0.25) is 0 Å². The van der Waals surface area contributed by atoms with Gasteiger partial charge in [0, 0.05) is 0 Å². The maximum absolute atomic E-state index is 10.4. The Labute approximate surface area is 75.9 Å². The largest absolute Gasteiger partial charge is 0.410 e. The molecular weight excluding hydrogens is 170 g/mol. The summed E-state index contributed by atoms with van der Waals surface area (Å²) < 4.78 is 4.63. The van der Waals surface area contributed by atoms with Crippen LogP contribution in [0.25, 0.3) is 0 Å². The number of rotatable bonds is 2. The van der Waals surface area contributed by atoms with Gasteiger partial charge >= 0.3 is 6.09 Å². The number of hydrogen-bond donors (Lipinski definition) is 2. The fraction of sp³-hybridized carbons (Fsp3) is 0.222. The third-order valence-electron chi connectivity index (χ3n) is 1.56. The van der Waals surface area contributed by atoms with Crippen molar-refractivity contribution in [3.05, 3.63) is 29.8 Å². The monoisotopic (exact) mass is 181 g/mol. The first-order valence-electron chi connectivity index (χ1n) is 3.85. The molecule has 0 bridgehead atoms. The van der Waals surface area contributed by atoms with E-state index in [9.17, 15) is 9.90 Å². The second-order valence-electron chi connectivity index (χ2n) is 2.67. The molecule has 4 nitrogen and oxygen atoms in total. The van der Waals surface area contributed by atoms with E-state index in [1.54, 1.807) is 31.2 Å². The lowest BCUT2D eigenvalue weighted by atomic mass is 10.1. The molecule has 0 spiro atoms. The summed E-state index contributed by atoms with van der Waals surface area (Å²) in [6, 6.07) is 6.57. The fourth-order valence-corrected chi connectivity index (χ4v) is 0.954. The lowest BCUT2D eigenvalue weighted by Crippen LogP contribution is -2.16. The van der Waals surface area contributed by atoms with E-state index in [-0.39, 0.29) is 0 Å². The van der Waals surface area contributed by atoms with Crippen molar-refractivity contribution >= 4 is 6.09 Å². The minimum Gasteiger partial charge on any atom is -0.410 e. The lowest BCUT2D eigenvalue weighted by molar-refractivity contribution is 0.197. The van der Waals surface area contributed by atoms with Crippen LogP contribution in [0.1, 0.15) is 18.6 Å². The number of primary amides is 1. The number of aliphatic hydroxyl groups is 1. The van der Waals surface area contributed by atoms with E-state index < -0.39 is 12.2 Å². The maximum Gasteiger partial charge on any atom is 0.409 e. The van der Waals surface area contributed by atoms with Gasteiger partial charge in [0.25, 0.3) is 0 Å². The van der Waals surface area contributed by atoms with Gasteiger partial charge in [0.1, 0.15) is 5.75 Å². The Bertz CT molecular complexity index is 309. The molecular formula is C9H11NO3. The molecule has 0 saturated carbocycles. The van der Waals surface area contributed by atoms with Gasteiger partial charge in [0.05, 0.1) is 6.10 Å². The number of carbonyl (C=O) groups is 1. The van der Waals surface area contributed by atoms with Crippen LogP contribution in [0, 0.1) is 0 Å². The van der Waals surface area contributed by atoms with Crippen molar-refractivity contribution in [3.8, 4) is 5.75 Å². The van der Waals surface area contributed by atoms with Crippen molar-refractivity contribution in [2.45, 2.75) is 13.0 Å². The molecule has 0 unspecified atom stereocenters. The Morgan fingerprint density at radius 1 is 1.62 bits per heavy atom. The van der Waals surface area contributed by atoms with Crippen LogP contribution >= 0.6 is 0 Å². The zero-order valence-corrected chi connectivity index (χ0v) is 7.23. The molecule has 4 heteroatoms. The first-order valence-corrected chi connectivity index (χ1v) is 3.85. The average Bonchev–Trinajstić information content (AvgIpc) is 2.03. The van der Waals surface area contributed by atoms with Crippen molar-refractivity contribution in [1.82, 2.24) is 0 Å². The van der Waals surface area contributed by atoms with Gasteiger partial charge in [-0.3, -0.25) is 0 Å². The molecule has 0 fully saturated rings. The number of ether oxygens (including phenoxy) is 1. The number of nitrogens with two attached hydrogens (primary N) is 1. The lowest BCUT2D eigenvalue weighted by Gasteiger charge is -2.06. The molecule has 13 heavy (non-hydrogen) atoms. The van der Waals surface area contributed by atoms with E-state index >= 15 is 0 Å². The molecule has 0 aliphatic heterocycles. The molecule has 70 valence electrons. The quantitative estimate of drug-likeness (QED) is 0.719. The van der Waals surface area contributed by atoms with Crippen molar-refractivity contribution in [3.63, 3.8) is 0 Å². The fourth-order valence-electron chi connectivity index (χ4n) is 0.954. The third kappa shape index (κ3) is 2.76. The predicted octanol–water partition coefficient (Wildman–Crippen LogP) is 1.20. The highest BCUT2D eigenvalue weighted by molar-refractivity contribution is 5.68. The summed E-state index contributed by atoms with van der Waals surface area (Å²) in [6.07, 6.45) is -1.45. The van der Waals surface area contributed by atoms with Gasteiger partial charge in [-0.25, -0.2) is 4.79 Å². The molecule has 1 aromatic carbocycles. The van der Waals surface area contributed by atoms with E-state index in [1.807, 2.05) is 0 Å². The molecule has 1 rings (SSSR count). The highest BCUT2D eigenvalue weighted by atomic mass is 16.5. The molecule has 0 aliphatic carbocycles. The van der Waals surface area contributed by atoms with Crippen molar-refractivity contribution < 1.29 is 14.6 Å². The van der Waals surface area contributed by atoms with Crippen LogP contribution in [0.2, 0.25) is 0 Å². The molecule has 0 saturated heterocycles. The maximum atomic E-state index is 10.4. The number of aliphatic hydroxyl groups excluding tert-OH is 1. The standard InChI is InChI=1S/C9H11NO3/c1-6(11)7-3-2-4-8(5-7)13-9(10)12/h2-6,11H,1H3,(H2,10,12)/t6-/m0/s1. The summed E-state index contributed by atoms with van der Waals surface area (Å²) in [4.78, 5) is 10.4. The Kier molecular flexibility index (Phi) is 2.87. The molecule has 0 aromatic heterocycles. The highest BCUT2D eigenvalue weighted by Crippen LogP contribution is 2.18. The van der Waals surface area contributed by atoms with Crippen LogP contribution in [0.15, 0.2) is 24.3 Å². The minimum absolute atomic E-state index is 0.339. The van der Waals surface area contributed by atoms with E-state index in [0.29, 0.717) is 11.3 Å². The van der Waals surface area contributed by atoms with Crippen LogP contribution in [0.5, 0.6) is 5.75 Å². The van der Waals surface area contributed by atoms with Gasteiger partial charge in [-0.2, -0.15) is 0 Å². The molecule has 0 aliphatic rings. The summed E-state index contributed by atoms with van der Waals surface area (Å²) >= 11 is 0. The van der Waals surface area contributed by atoms with Crippen LogP contribution in [0.4, 0.5) is 4.79 Å². The predicted molar refractivity (Wildman–Crippen MR) is 47.3 cm³/mol. The van der Waals surface area contributed by atoms with Crippen molar-refractivity contribution in [2.24, 2.45) is 5.73 Å². The number of amides is 1. The van der Waals surface area contributed by atoms with Crippen LogP contribution in [-0.2, 0) is 0 Å². The van der Waals surface area contributed by atoms with Gasteiger partial charge in [-0.05, 0) is 24.6 Å². The number of benzene rings is 1. The zero-order valence-electron chi connectivity index (χ0n) is 7.23. The van der Waals surface area contributed by atoms with Crippen LogP contribution < -0.4 is 10.5 Å². The second kappa shape index (κ2) is 3.91. The summed E-state index contributed by atoms with van der Waals surface area (Å²) in [5.74, 6) is 0.339. The molecule has 3 N–H and O–H groups in total. The number of carbonyl (C=O) groups excluding carboxylic acids is 1. The van der Waals surface area contributed by atoms with Gasteiger partial charge in [0.15, 0.2) is 0 Å². The summed E-state index contributed by atoms with van der Waals surface area (Å²) in [6.45, 7) is 1.63. The summed E-state index contributed by atoms with van der Waals surface area (Å²) in [5.41, 5.74) is 5.51. The molecule has 1 amide bonds. The SMILES string of the molecule is C[C@H](O)c1cccc(OC(N)=O)c1. The number of hydrogen-bond acceptors (Lipinski definition) is 3. The Morgan fingerprint density at radius 3 is 2.85 bits per heavy atom. The highest BCUT2D eigenvalue weighted by Gasteiger charge is 2.03. The Balaban J connectivity index is 2.85. The molecule has 0 heterocycles. The van der Waals surface area contributed by atoms with Gasteiger partial charge in [-0.15, -0.1) is 0 Å². The smallest absolute Gasteiger partial charge is 0.409 e. The molecule has 1 atom stereocenters. The van der Waals surface area contributed by atoms with Gasteiger partial charge in [-0.1, -0.05) is 12.1 Å². The van der Waals surface area contributed by atoms with Crippen LogP contribution in [-0.4, -0.2) is 11.2 Å².